The Balaban J connectivity index is 2.70. The Labute approximate surface area is 57.0 Å². The molecule has 0 nitrogen and oxygen atoms in total. The molecular weight excluding hydrogens is 141 g/mol. The van der Waals surface area contributed by atoms with Crippen molar-refractivity contribution in [2.24, 2.45) is 0 Å². The molecule has 0 aromatic carbocycles. The van der Waals surface area contributed by atoms with Crippen LogP contribution in [0.2, 0.25) is 0 Å². The molecule has 56 valence electrons. The van der Waals surface area contributed by atoms with Crippen LogP contribution >= 0.6 is 0 Å². The molecule has 1 rings (SSSR count). The third kappa shape index (κ3) is 1.23. The van der Waals surface area contributed by atoms with Gasteiger partial charge >= 0.3 is 0 Å². The average Bonchev–Trinajstić information content (AvgIpc) is 1.89. The number of halogens is 3. The first kappa shape index (κ1) is 7.38. The predicted octanol–water partition coefficient (Wildman–Crippen LogP) is 2.48. The molecule has 0 spiro atoms. The van der Waals surface area contributed by atoms with Crippen LogP contribution in [0.4, 0.5) is 13.2 Å². The second-order valence-electron chi connectivity index (χ2n) is 2.22. The van der Waals surface area contributed by atoms with Crippen molar-refractivity contribution in [3.05, 3.63) is 24.3 Å². The molecular formula is C7H7F3. The highest BCUT2D eigenvalue weighted by molar-refractivity contribution is 5.19. The highest BCUT2D eigenvalue weighted by atomic mass is 19.3. The maximum atomic E-state index is 12.8. The van der Waals surface area contributed by atoms with Crippen molar-refractivity contribution >= 4 is 0 Å². The Morgan fingerprint density at radius 1 is 1.30 bits per heavy atom. The predicted molar refractivity (Wildman–Crippen MR) is 32.7 cm³/mol. The minimum atomic E-state index is -2.92. The molecule has 0 saturated heterocycles. The monoisotopic (exact) mass is 148 g/mol. The lowest BCUT2D eigenvalue weighted by Gasteiger charge is -2.20. The minimum Gasteiger partial charge on any atom is -0.233 e. The van der Waals surface area contributed by atoms with Gasteiger partial charge in [-0.1, -0.05) is 18.2 Å². The van der Waals surface area contributed by atoms with Gasteiger partial charge in [-0.05, 0) is 6.08 Å². The molecule has 0 bridgehead atoms. The molecule has 1 aliphatic rings. The summed E-state index contributed by atoms with van der Waals surface area (Å²) in [5.74, 6) is 0. The highest BCUT2D eigenvalue weighted by Crippen LogP contribution is 2.29. The van der Waals surface area contributed by atoms with Gasteiger partial charge < -0.3 is 0 Å². The Hall–Kier alpha value is -0.730. The van der Waals surface area contributed by atoms with Crippen molar-refractivity contribution < 1.29 is 13.2 Å². The lowest BCUT2D eigenvalue weighted by molar-refractivity contribution is -0.000302. The van der Waals surface area contributed by atoms with Crippen LogP contribution in [0, 0.1) is 0 Å². The van der Waals surface area contributed by atoms with E-state index in [0.717, 1.165) is 6.08 Å². The molecule has 0 fully saturated rings. The van der Waals surface area contributed by atoms with Crippen LogP contribution in [0.15, 0.2) is 24.3 Å². The first-order valence-electron chi connectivity index (χ1n) is 2.96. The molecule has 0 heterocycles. The van der Waals surface area contributed by atoms with E-state index >= 15 is 0 Å². The molecule has 1 aliphatic carbocycles. The number of hydrogen-bond donors (Lipinski definition) is 0. The number of hydrogen-bond acceptors (Lipinski definition) is 0. The van der Waals surface area contributed by atoms with Crippen molar-refractivity contribution in [1.82, 2.24) is 0 Å². The molecule has 0 amide bonds. The van der Waals surface area contributed by atoms with Gasteiger partial charge in [-0.15, -0.1) is 0 Å². The smallest absolute Gasteiger partial charge is 0.233 e. The van der Waals surface area contributed by atoms with E-state index in [9.17, 15) is 13.2 Å². The molecule has 1 atom stereocenters. The van der Waals surface area contributed by atoms with Gasteiger partial charge in [0.05, 0.1) is 0 Å². The fourth-order valence-electron chi connectivity index (χ4n) is 0.773. The first-order chi connectivity index (χ1) is 4.65. The molecule has 0 aromatic heterocycles. The normalized spacial score (nSPS) is 31.6. The van der Waals surface area contributed by atoms with Crippen molar-refractivity contribution in [2.75, 3.05) is 0 Å². The van der Waals surface area contributed by atoms with E-state index in [2.05, 4.69) is 0 Å². The summed E-state index contributed by atoms with van der Waals surface area (Å²) in [6, 6.07) is 0. The van der Waals surface area contributed by atoms with E-state index in [0.29, 0.717) is 0 Å². The van der Waals surface area contributed by atoms with Crippen LogP contribution in [0.1, 0.15) is 6.42 Å². The topological polar surface area (TPSA) is 0 Å². The van der Waals surface area contributed by atoms with Crippen molar-refractivity contribution in [3.63, 3.8) is 0 Å². The molecule has 0 unspecified atom stereocenters. The van der Waals surface area contributed by atoms with Gasteiger partial charge in [0.1, 0.15) is 0 Å². The second kappa shape index (κ2) is 2.48. The van der Waals surface area contributed by atoms with Crippen molar-refractivity contribution in [2.45, 2.75) is 18.5 Å². The molecule has 0 radical (unpaired) electrons. The first-order valence-corrected chi connectivity index (χ1v) is 2.96. The standard InChI is InChI=1S/C7H7F3/c8-6(9)7(10)4-2-1-3-5-7/h1-4,6H,5H2/t7-/m1/s1. The Bertz CT molecular complexity index is 172. The van der Waals surface area contributed by atoms with Gasteiger partial charge in [0.25, 0.3) is 6.43 Å². The summed E-state index contributed by atoms with van der Waals surface area (Å²) in [6.45, 7) is 0. The Morgan fingerprint density at radius 3 is 2.30 bits per heavy atom. The van der Waals surface area contributed by atoms with E-state index < -0.39 is 12.1 Å². The molecule has 0 aliphatic heterocycles. The van der Waals surface area contributed by atoms with Crippen LogP contribution in [0.25, 0.3) is 0 Å². The van der Waals surface area contributed by atoms with E-state index in [1.807, 2.05) is 0 Å². The number of alkyl halides is 3. The number of allylic oxidation sites excluding steroid dienone is 4. The van der Waals surface area contributed by atoms with Crippen LogP contribution in [-0.4, -0.2) is 12.1 Å². The zero-order chi connectivity index (χ0) is 7.61. The Morgan fingerprint density at radius 2 is 2.00 bits per heavy atom. The fourth-order valence-corrected chi connectivity index (χ4v) is 0.773. The molecule has 0 aromatic rings. The summed E-state index contributed by atoms with van der Waals surface area (Å²) in [5.41, 5.74) is -2.42. The van der Waals surface area contributed by atoms with Crippen molar-refractivity contribution in [1.29, 1.82) is 0 Å². The number of rotatable bonds is 1. The summed E-state index contributed by atoms with van der Waals surface area (Å²) in [7, 11) is 0. The zero-order valence-electron chi connectivity index (χ0n) is 5.23. The van der Waals surface area contributed by atoms with Crippen LogP contribution in [0.3, 0.4) is 0 Å². The fraction of sp³-hybridized carbons (Fsp3) is 0.429. The van der Waals surface area contributed by atoms with Gasteiger partial charge in [-0.3, -0.25) is 0 Å². The largest absolute Gasteiger partial charge is 0.275 e. The summed E-state index contributed by atoms with van der Waals surface area (Å²) in [5, 5.41) is 0. The third-order valence-electron chi connectivity index (χ3n) is 1.41. The van der Waals surface area contributed by atoms with Crippen LogP contribution in [0.5, 0.6) is 0 Å². The maximum Gasteiger partial charge on any atom is 0.275 e. The third-order valence-corrected chi connectivity index (χ3v) is 1.41. The van der Waals surface area contributed by atoms with Gasteiger partial charge in [-0.25, -0.2) is 13.2 Å². The summed E-state index contributed by atoms with van der Waals surface area (Å²) >= 11 is 0. The van der Waals surface area contributed by atoms with Gasteiger partial charge in [0.15, 0.2) is 5.67 Å². The summed E-state index contributed by atoms with van der Waals surface area (Å²) < 4.78 is 36.5. The summed E-state index contributed by atoms with van der Waals surface area (Å²) in [6.07, 6.45) is 2.01. The van der Waals surface area contributed by atoms with E-state index in [-0.39, 0.29) is 6.42 Å². The lowest BCUT2D eigenvalue weighted by Crippen LogP contribution is -2.29. The Kier molecular flexibility index (Phi) is 1.83. The SMILES string of the molecule is FC(F)[C@@]1(F)C=CC=CC1. The zero-order valence-corrected chi connectivity index (χ0v) is 5.23. The summed E-state index contributed by atoms with van der Waals surface area (Å²) in [4.78, 5) is 0. The van der Waals surface area contributed by atoms with Gasteiger partial charge in [-0.2, -0.15) is 0 Å². The highest BCUT2D eigenvalue weighted by Gasteiger charge is 2.36. The minimum absolute atomic E-state index is 0.221. The molecule has 0 N–H and O–H groups in total. The van der Waals surface area contributed by atoms with Gasteiger partial charge in [0.2, 0.25) is 0 Å². The average molecular weight is 148 g/mol. The second-order valence-corrected chi connectivity index (χ2v) is 2.22. The lowest BCUT2D eigenvalue weighted by atomic mass is 9.98. The molecule has 10 heavy (non-hydrogen) atoms. The molecule has 0 saturated carbocycles. The van der Waals surface area contributed by atoms with E-state index in [1.165, 1.54) is 12.2 Å². The van der Waals surface area contributed by atoms with Crippen LogP contribution < -0.4 is 0 Å². The molecule has 3 heteroatoms. The maximum absolute atomic E-state index is 12.8. The quantitative estimate of drug-likeness (QED) is 0.535. The van der Waals surface area contributed by atoms with E-state index in [4.69, 9.17) is 0 Å². The van der Waals surface area contributed by atoms with Crippen molar-refractivity contribution in [3.8, 4) is 0 Å². The van der Waals surface area contributed by atoms with Crippen LogP contribution in [-0.2, 0) is 0 Å². The van der Waals surface area contributed by atoms with Gasteiger partial charge in [0, 0.05) is 6.42 Å². The van der Waals surface area contributed by atoms with E-state index in [1.54, 1.807) is 6.08 Å².